The Bertz CT molecular complexity index is 849. The van der Waals surface area contributed by atoms with Crippen LogP contribution in [0.3, 0.4) is 0 Å². The fourth-order valence-corrected chi connectivity index (χ4v) is 3.65. The Morgan fingerprint density at radius 2 is 2.04 bits per heavy atom. The van der Waals surface area contributed by atoms with Crippen LogP contribution in [0.4, 0.5) is 13.2 Å². The molecule has 0 saturated heterocycles. The Hall–Kier alpha value is -1.99. The lowest BCUT2D eigenvalue weighted by Gasteiger charge is -2.10. The zero-order valence-corrected chi connectivity index (χ0v) is 14.9. The van der Waals surface area contributed by atoms with Crippen LogP contribution in [0.25, 0.3) is 0 Å². The van der Waals surface area contributed by atoms with Crippen LogP contribution in [0, 0.1) is 0 Å². The van der Waals surface area contributed by atoms with E-state index in [-0.39, 0.29) is 17.4 Å². The van der Waals surface area contributed by atoms with Crippen molar-refractivity contribution in [3.8, 4) is 0 Å². The van der Waals surface area contributed by atoms with E-state index in [2.05, 4.69) is 15.0 Å². The van der Waals surface area contributed by atoms with Crippen LogP contribution < -0.4 is 15.6 Å². The number of hydrogen-bond donors (Lipinski definition) is 3. The average molecular weight is 412 g/mol. The Labute approximate surface area is 152 Å². The fraction of sp³-hybridized carbons (Fsp3) is 0.643. The molecule has 0 aromatic carbocycles. The molecular formula is C14H19F3N4O5S. The predicted molar refractivity (Wildman–Crippen MR) is 87.3 cm³/mol. The first kappa shape index (κ1) is 21.3. The summed E-state index contributed by atoms with van der Waals surface area (Å²) < 4.78 is 59.4. The van der Waals surface area contributed by atoms with E-state index < -0.39 is 22.2 Å². The largest absolute Gasteiger partial charge is 0.490 e. The summed E-state index contributed by atoms with van der Waals surface area (Å²) in [6.45, 7) is 2.13. The maximum absolute atomic E-state index is 12.0. The molecule has 1 saturated carbocycles. The number of fused-ring (bicyclic) bond motifs is 1. The molecule has 2 heterocycles. The van der Waals surface area contributed by atoms with E-state index >= 15 is 0 Å². The van der Waals surface area contributed by atoms with Crippen molar-refractivity contribution < 1.29 is 31.5 Å². The molecule has 0 spiro atoms. The number of hydrogen-bond acceptors (Lipinski definition) is 6. The van der Waals surface area contributed by atoms with Crippen LogP contribution in [-0.2, 0) is 34.5 Å². The van der Waals surface area contributed by atoms with Gasteiger partial charge in [-0.05, 0) is 25.8 Å². The van der Waals surface area contributed by atoms with Crippen LogP contribution in [0.1, 0.15) is 30.8 Å². The normalized spacial score (nSPS) is 17.3. The lowest BCUT2D eigenvalue weighted by molar-refractivity contribution is -0.192. The zero-order chi connectivity index (χ0) is 20.2. The second kappa shape index (κ2) is 8.35. The third-order valence-electron chi connectivity index (χ3n) is 3.82. The predicted octanol–water partition coefficient (Wildman–Crippen LogP) is -0.0483. The molecule has 27 heavy (non-hydrogen) atoms. The molecule has 1 fully saturated rings. The van der Waals surface area contributed by atoms with Gasteiger partial charge in [0.15, 0.2) is 0 Å². The summed E-state index contributed by atoms with van der Waals surface area (Å²) >= 11 is 0. The first-order chi connectivity index (χ1) is 12.5. The van der Waals surface area contributed by atoms with Gasteiger partial charge in [0.25, 0.3) is 5.56 Å². The highest BCUT2D eigenvalue weighted by Gasteiger charge is 2.38. The first-order valence-electron chi connectivity index (χ1n) is 8.09. The molecular weight excluding hydrogens is 393 g/mol. The first-order valence-corrected chi connectivity index (χ1v) is 9.64. The fourth-order valence-electron chi connectivity index (χ4n) is 2.30. The molecule has 2 aliphatic rings. The number of nitrogens with zero attached hydrogens (tertiary/aromatic N) is 2. The van der Waals surface area contributed by atoms with Gasteiger partial charge in [-0.25, -0.2) is 22.9 Å². The standard InChI is InChI=1S/C12H18N4O3S.C2HF3O2/c17-12-6-9(7-14-20(18,19)10-2-3-10)15-11-8-13-4-1-5-16(11)12;3-2(4,5)1(6)7/h6,10,13-14H,1-5,7-8H2;(H,6,7). The van der Waals surface area contributed by atoms with Crippen LogP contribution >= 0.6 is 0 Å². The van der Waals surface area contributed by atoms with Crippen molar-refractivity contribution in [1.29, 1.82) is 0 Å². The van der Waals surface area contributed by atoms with E-state index in [1.54, 1.807) is 4.57 Å². The molecule has 1 aliphatic carbocycles. The average Bonchev–Trinajstić information content (AvgIpc) is 3.40. The number of halogens is 3. The molecule has 13 heteroatoms. The monoisotopic (exact) mass is 412 g/mol. The third kappa shape index (κ3) is 6.29. The summed E-state index contributed by atoms with van der Waals surface area (Å²) in [7, 11) is -3.24. The Morgan fingerprint density at radius 3 is 2.59 bits per heavy atom. The molecule has 0 atom stereocenters. The van der Waals surface area contributed by atoms with Gasteiger partial charge in [0, 0.05) is 12.6 Å². The lowest BCUT2D eigenvalue weighted by atomic mass is 10.3. The molecule has 1 aliphatic heterocycles. The molecule has 0 unspecified atom stereocenters. The van der Waals surface area contributed by atoms with Gasteiger partial charge in [0.1, 0.15) is 5.82 Å². The minimum Gasteiger partial charge on any atom is -0.475 e. The van der Waals surface area contributed by atoms with Crippen molar-refractivity contribution in [2.24, 2.45) is 0 Å². The second-order valence-electron chi connectivity index (χ2n) is 6.05. The van der Waals surface area contributed by atoms with Gasteiger partial charge in [-0.15, -0.1) is 0 Å². The minimum absolute atomic E-state index is 0.0852. The SMILES string of the molecule is O=C(O)C(F)(F)F.O=c1cc(CNS(=O)(=O)C2CC2)nc2n1CCCNC2. The van der Waals surface area contributed by atoms with E-state index in [9.17, 15) is 26.4 Å². The topological polar surface area (TPSA) is 130 Å². The maximum atomic E-state index is 12.0. The van der Waals surface area contributed by atoms with Crippen molar-refractivity contribution in [3.63, 3.8) is 0 Å². The van der Waals surface area contributed by atoms with E-state index in [0.29, 0.717) is 24.6 Å². The highest BCUT2D eigenvalue weighted by molar-refractivity contribution is 7.90. The van der Waals surface area contributed by atoms with Crippen LogP contribution in [0.5, 0.6) is 0 Å². The number of nitrogens with one attached hydrogen (secondary N) is 2. The number of carboxylic acids is 1. The van der Waals surface area contributed by atoms with E-state index in [0.717, 1.165) is 25.8 Å². The quantitative estimate of drug-likeness (QED) is 0.632. The summed E-state index contributed by atoms with van der Waals surface area (Å²) in [6.07, 6.45) is -2.75. The third-order valence-corrected chi connectivity index (χ3v) is 5.71. The van der Waals surface area contributed by atoms with E-state index in [1.807, 2.05) is 0 Å². The molecule has 0 amide bonds. The number of carbonyl (C=O) groups is 1. The van der Waals surface area contributed by atoms with Gasteiger partial charge < -0.3 is 10.4 Å². The number of carboxylic acid groups (broad SMARTS) is 1. The van der Waals surface area contributed by atoms with Crippen molar-refractivity contribution >= 4 is 16.0 Å². The highest BCUT2D eigenvalue weighted by atomic mass is 32.2. The van der Waals surface area contributed by atoms with Gasteiger partial charge >= 0.3 is 12.1 Å². The molecule has 3 N–H and O–H groups in total. The minimum atomic E-state index is -5.08. The van der Waals surface area contributed by atoms with Gasteiger partial charge in [-0.2, -0.15) is 13.2 Å². The van der Waals surface area contributed by atoms with Crippen molar-refractivity contribution in [2.75, 3.05) is 6.54 Å². The smallest absolute Gasteiger partial charge is 0.475 e. The maximum Gasteiger partial charge on any atom is 0.490 e. The molecule has 0 radical (unpaired) electrons. The number of alkyl halides is 3. The van der Waals surface area contributed by atoms with Crippen LogP contribution in [0.15, 0.2) is 10.9 Å². The molecule has 0 bridgehead atoms. The second-order valence-corrected chi connectivity index (χ2v) is 8.10. The van der Waals surface area contributed by atoms with Crippen molar-refractivity contribution in [3.05, 3.63) is 27.9 Å². The lowest BCUT2D eigenvalue weighted by Crippen LogP contribution is -2.30. The zero-order valence-electron chi connectivity index (χ0n) is 14.1. The van der Waals surface area contributed by atoms with Gasteiger partial charge in [-0.1, -0.05) is 0 Å². The summed E-state index contributed by atoms with van der Waals surface area (Å²) in [4.78, 5) is 25.3. The van der Waals surface area contributed by atoms with E-state index in [1.165, 1.54) is 6.07 Å². The Balaban J connectivity index is 0.000000321. The summed E-state index contributed by atoms with van der Waals surface area (Å²) in [5.41, 5.74) is 0.369. The summed E-state index contributed by atoms with van der Waals surface area (Å²) in [5, 5.41) is 10.1. The Morgan fingerprint density at radius 1 is 1.41 bits per heavy atom. The molecule has 1 aromatic heterocycles. The summed E-state index contributed by atoms with van der Waals surface area (Å²) in [6, 6.07) is 1.42. The number of sulfonamides is 1. The molecule has 9 nitrogen and oxygen atoms in total. The van der Waals surface area contributed by atoms with Gasteiger partial charge in [0.2, 0.25) is 10.0 Å². The van der Waals surface area contributed by atoms with Crippen LogP contribution in [-0.4, -0.2) is 47.0 Å². The Kier molecular flexibility index (Phi) is 6.59. The van der Waals surface area contributed by atoms with E-state index in [4.69, 9.17) is 9.90 Å². The molecule has 152 valence electrons. The summed E-state index contributed by atoms with van der Waals surface area (Å²) in [5.74, 6) is -2.08. The van der Waals surface area contributed by atoms with Crippen molar-refractivity contribution in [2.45, 2.75) is 50.3 Å². The number of rotatable bonds is 4. The molecule has 3 rings (SSSR count). The van der Waals surface area contributed by atoms with Crippen LogP contribution in [0.2, 0.25) is 0 Å². The molecule has 1 aromatic rings. The van der Waals surface area contributed by atoms with Gasteiger partial charge in [-0.3, -0.25) is 9.36 Å². The van der Waals surface area contributed by atoms with Crippen molar-refractivity contribution in [1.82, 2.24) is 19.6 Å². The number of aromatic nitrogens is 2. The van der Waals surface area contributed by atoms with Gasteiger partial charge in [0.05, 0.1) is 24.0 Å². The number of aliphatic carboxylic acids is 1. The highest BCUT2D eigenvalue weighted by Crippen LogP contribution is 2.27.